The smallest absolute Gasteiger partial charge is 0.0237 e. The summed E-state index contributed by atoms with van der Waals surface area (Å²) in [6.45, 7) is 10.3. The van der Waals surface area contributed by atoms with Crippen LogP contribution in [0.4, 0.5) is 0 Å². The third-order valence-electron chi connectivity index (χ3n) is 3.45. The van der Waals surface area contributed by atoms with Crippen molar-refractivity contribution in [2.24, 2.45) is 5.92 Å². The SMILES string of the molecule is CCCCC(CC)NCC(C(C)C)N(C)C. The van der Waals surface area contributed by atoms with E-state index in [0.717, 1.165) is 6.54 Å². The van der Waals surface area contributed by atoms with Gasteiger partial charge in [0.05, 0.1) is 0 Å². The predicted octanol–water partition coefficient (Wildman–Crippen LogP) is 3.13. The van der Waals surface area contributed by atoms with E-state index >= 15 is 0 Å². The Morgan fingerprint density at radius 3 is 2.12 bits per heavy atom. The second-order valence-corrected chi connectivity index (χ2v) is 5.43. The van der Waals surface area contributed by atoms with Crippen LogP contribution in [0, 0.1) is 5.92 Å². The maximum atomic E-state index is 3.73. The summed E-state index contributed by atoms with van der Waals surface area (Å²) in [4.78, 5) is 2.34. The predicted molar refractivity (Wildman–Crippen MR) is 73.9 cm³/mol. The molecule has 98 valence electrons. The van der Waals surface area contributed by atoms with Crippen molar-refractivity contribution in [2.45, 2.75) is 65.5 Å². The Morgan fingerprint density at radius 1 is 1.12 bits per heavy atom. The van der Waals surface area contributed by atoms with Crippen LogP contribution in [0.5, 0.6) is 0 Å². The lowest BCUT2D eigenvalue weighted by molar-refractivity contribution is 0.216. The van der Waals surface area contributed by atoms with Crippen LogP contribution in [-0.4, -0.2) is 37.6 Å². The van der Waals surface area contributed by atoms with Gasteiger partial charge in [0.25, 0.3) is 0 Å². The summed E-state index contributed by atoms with van der Waals surface area (Å²) < 4.78 is 0. The molecular formula is C14H32N2. The van der Waals surface area contributed by atoms with Crippen LogP contribution >= 0.6 is 0 Å². The Hall–Kier alpha value is -0.0800. The Kier molecular flexibility index (Phi) is 8.96. The summed E-state index contributed by atoms with van der Waals surface area (Å²) in [5.41, 5.74) is 0. The molecule has 0 aromatic rings. The van der Waals surface area contributed by atoms with E-state index in [-0.39, 0.29) is 0 Å². The topological polar surface area (TPSA) is 15.3 Å². The Balaban J connectivity index is 3.96. The lowest BCUT2D eigenvalue weighted by Gasteiger charge is -2.30. The highest BCUT2D eigenvalue weighted by molar-refractivity contribution is 4.75. The van der Waals surface area contributed by atoms with E-state index in [1.54, 1.807) is 0 Å². The van der Waals surface area contributed by atoms with Crippen LogP contribution < -0.4 is 5.32 Å². The van der Waals surface area contributed by atoms with E-state index < -0.39 is 0 Å². The lowest BCUT2D eigenvalue weighted by Crippen LogP contribution is -2.44. The number of nitrogens with zero attached hydrogens (tertiary/aromatic N) is 1. The third kappa shape index (κ3) is 6.49. The van der Waals surface area contributed by atoms with Gasteiger partial charge < -0.3 is 10.2 Å². The zero-order valence-electron chi connectivity index (χ0n) is 12.2. The van der Waals surface area contributed by atoms with E-state index in [1.165, 1.54) is 25.7 Å². The molecule has 0 aromatic heterocycles. The first-order valence-corrected chi connectivity index (χ1v) is 6.92. The summed E-state index contributed by atoms with van der Waals surface area (Å²) in [5, 5.41) is 3.73. The largest absolute Gasteiger partial charge is 0.312 e. The van der Waals surface area contributed by atoms with Gasteiger partial charge in [0, 0.05) is 18.6 Å². The minimum absolute atomic E-state index is 0.649. The van der Waals surface area contributed by atoms with Crippen LogP contribution in [0.25, 0.3) is 0 Å². The monoisotopic (exact) mass is 228 g/mol. The minimum Gasteiger partial charge on any atom is -0.312 e. The van der Waals surface area contributed by atoms with Crippen LogP contribution in [0.3, 0.4) is 0 Å². The fourth-order valence-corrected chi connectivity index (χ4v) is 2.20. The lowest BCUT2D eigenvalue weighted by atomic mass is 10.0. The van der Waals surface area contributed by atoms with Gasteiger partial charge in [-0.25, -0.2) is 0 Å². The van der Waals surface area contributed by atoms with Crippen molar-refractivity contribution in [3.63, 3.8) is 0 Å². The molecule has 2 unspecified atom stereocenters. The summed E-state index contributed by atoms with van der Waals surface area (Å²) >= 11 is 0. The van der Waals surface area contributed by atoms with Gasteiger partial charge in [-0.1, -0.05) is 40.5 Å². The van der Waals surface area contributed by atoms with Crippen LogP contribution in [0.15, 0.2) is 0 Å². The molecule has 2 nitrogen and oxygen atoms in total. The molecule has 0 spiro atoms. The molecule has 0 aliphatic carbocycles. The van der Waals surface area contributed by atoms with Crippen LogP contribution in [0.2, 0.25) is 0 Å². The molecule has 0 saturated heterocycles. The second-order valence-electron chi connectivity index (χ2n) is 5.43. The highest BCUT2D eigenvalue weighted by atomic mass is 15.1. The molecule has 0 heterocycles. The summed E-state index contributed by atoms with van der Waals surface area (Å²) in [6, 6.07) is 1.36. The standard InChI is InChI=1S/C14H32N2/c1-7-9-10-13(8-2)15-11-14(12(3)4)16(5)6/h12-15H,7-11H2,1-6H3. The van der Waals surface area contributed by atoms with Crippen molar-refractivity contribution in [1.82, 2.24) is 10.2 Å². The zero-order chi connectivity index (χ0) is 12.6. The molecule has 0 radical (unpaired) electrons. The van der Waals surface area contributed by atoms with Gasteiger partial charge >= 0.3 is 0 Å². The molecule has 0 amide bonds. The molecule has 0 rings (SSSR count). The molecule has 2 atom stereocenters. The van der Waals surface area contributed by atoms with E-state index in [2.05, 4.69) is 52.0 Å². The summed E-state index contributed by atoms with van der Waals surface area (Å²) in [7, 11) is 4.36. The number of hydrogen-bond acceptors (Lipinski definition) is 2. The van der Waals surface area contributed by atoms with Gasteiger partial charge in [0.2, 0.25) is 0 Å². The maximum Gasteiger partial charge on any atom is 0.0237 e. The first-order valence-electron chi connectivity index (χ1n) is 6.92. The molecule has 0 aliphatic heterocycles. The fourth-order valence-electron chi connectivity index (χ4n) is 2.20. The summed E-state index contributed by atoms with van der Waals surface area (Å²) in [5.74, 6) is 0.714. The van der Waals surface area contributed by atoms with Crippen molar-refractivity contribution in [3.05, 3.63) is 0 Å². The molecule has 0 aliphatic rings. The fraction of sp³-hybridized carbons (Fsp3) is 1.00. The highest BCUT2D eigenvalue weighted by Gasteiger charge is 2.16. The van der Waals surface area contributed by atoms with Gasteiger partial charge in [0.1, 0.15) is 0 Å². The number of nitrogens with one attached hydrogen (secondary N) is 1. The highest BCUT2D eigenvalue weighted by Crippen LogP contribution is 2.09. The van der Waals surface area contributed by atoms with Gasteiger partial charge in [0.15, 0.2) is 0 Å². The van der Waals surface area contributed by atoms with Crippen molar-refractivity contribution >= 4 is 0 Å². The van der Waals surface area contributed by atoms with Gasteiger partial charge in [-0.2, -0.15) is 0 Å². The normalized spacial score (nSPS) is 15.8. The quantitative estimate of drug-likeness (QED) is 0.652. The van der Waals surface area contributed by atoms with E-state index in [0.29, 0.717) is 18.0 Å². The Morgan fingerprint density at radius 2 is 1.75 bits per heavy atom. The van der Waals surface area contributed by atoms with E-state index in [1.807, 2.05) is 0 Å². The van der Waals surface area contributed by atoms with Crippen molar-refractivity contribution < 1.29 is 0 Å². The van der Waals surface area contributed by atoms with E-state index in [9.17, 15) is 0 Å². The van der Waals surface area contributed by atoms with Gasteiger partial charge in [-0.05, 0) is 32.9 Å². The molecule has 2 heteroatoms. The average Bonchev–Trinajstić information content (AvgIpc) is 2.22. The zero-order valence-corrected chi connectivity index (χ0v) is 12.2. The summed E-state index contributed by atoms with van der Waals surface area (Å²) in [6.07, 6.45) is 5.22. The Bertz CT molecular complexity index is 147. The minimum atomic E-state index is 0.649. The van der Waals surface area contributed by atoms with Crippen LogP contribution in [0.1, 0.15) is 53.4 Å². The number of hydrogen-bond donors (Lipinski definition) is 1. The number of rotatable bonds is 9. The molecule has 0 fully saturated rings. The molecule has 0 bridgehead atoms. The van der Waals surface area contributed by atoms with E-state index in [4.69, 9.17) is 0 Å². The van der Waals surface area contributed by atoms with Crippen molar-refractivity contribution in [3.8, 4) is 0 Å². The molecule has 0 aromatic carbocycles. The number of unbranched alkanes of at least 4 members (excludes halogenated alkanes) is 1. The third-order valence-corrected chi connectivity index (χ3v) is 3.45. The van der Waals surface area contributed by atoms with Crippen molar-refractivity contribution in [2.75, 3.05) is 20.6 Å². The Labute approximate surface area is 103 Å². The molecule has 0 saturated carbocycles. The first kappa shape index (κ1) is 15.9. The number of likely N-dealkylation sites (N-methyl/N-ethyl adjacent to an activating group) is 1. The maximum absolute atomic E-state index is 3.73. The second kappa shape index (κ2) is 9.00. The molecular weight excluding hydrogens is 196 g/mol. The molecule has 1 N–H and O–H groups in total. The molecule has 16 heavy (non-hydrogen) atoms. The first-order chi connectivity index (χ1) is 7.52. The van der Waals surface area contributed by atoms with Gasteiger partial charge in [-0.3, -0.25) is 0 Å². The van der Waals surface area contributed by atoms with Gasteiger partial charge in [-0.15, -0.1) is 0 Å². The average molecular weight is 228 g/mol. The van der Waals surface area contributed by atoms with Crippen LogP contribution in [-0.2, 0) is 0 Å². The van der Waals surface area contributed by atoms with Crippen molar-refractivity contribution in [1.29, 1.82) is 0 Å².